The molecule has 0 aromatic heterocycles. The van der Waals surface area contributed by atoms with Gasteiger partial charge in [0.25, 0.3) is 0 Å². The Bertz CT molecular complexity index is 88.7. The van der Waals surface area contributed by atoms with Crippen molar-refractivity contribution in [1.82, 2.24) is 0 Å². The highest BCUT2D eigenvalue weighted by Crippen LogP contribution is 2.11. The van der Waals surface area contributed by atoms with Crippen molar-refractivity contribution in [3.05, 3.63) is 12.7 Å². The van der Waals surface area contributed by atoms with Crippen LogP contribution in [0.25, 0.3) is 0 Å². The molecule has 0 radical (unpaired) electrons. The lowest BCUT2D eigenvalue weighted by Gasteiger charge is -2.15. The Labute approximate surface area is 64.1 Å². The lowest BCUT2D eigenvalue weighted by Crippen LogP contribution is -2.12. The van der Waals surface area contributed by atoms with Gasteiger partial charge in [-0.3, -0.25) is 0 Å². The third-order valence-electron chi connectivity index (χ3n) is 1.85. The molecule has 0 saturated carbocycles. The molecule has 2 atom stereocenters. The molecular formula is C9H18O. The van der Waals surface area contributed by atoms with Crippen molar-refractivity contribution >= 4 is 0 Å². The van der Waals surface area contributed by atoms with Crippen LogP contribution in [0.4, 0.5) is 0 Å². The molecule has 0 aromatic carbocycles. The summed E-state index contributed by atoms with van der Waals surface area (Å²) in [6, 6.07) is 0. The minimum Gasteiger partial charge on any atom is -0.381 e. The van der Waals surface area contributed by atoms with Crippen LogP contribution in [0, 0.1) is 11.8 Å². The van der Waals surface area contributed by atoms with E-state index in [-0.39, 0.29) is 0 Å². The Kier molecular flexibility index (Phi) is 5.32. The van der Waals surface area contributed by atoms with E-state index in [9.17, 15) is 0 Å². The molecule has 0 saturated heterocycles. The smallest absolute Gasteiger partial charge is 0.0497 e. The lowest BCUT2D eigenvalue weighted by molar-refractivity contribution is 0.104. The van der Waals surface area contributed by atoms with Gasteiger partial charge in [-0.25, -0.2) is 0 Å². The summed E-state index contributed by atoms with van der Waals surface area (Å²) < 4.78 is 5.27. The summed E-state index contributed by atoms with van der Waals surface area (Å²) in [4.78, 5) is 0. The van der Waals surface area contributed by atoms with Crippen LogP contribution in [-0.4, -0.2) is 13.2 Å². The van der Waals surface area contributed by atoms with Gasteiger partial charge in [0.05, 0.1) is 0 Å². The number of hydrogen-bond acceptors (Lipinski definition) is 1. The summed E-state index contributed by atoms with van der Waals surface area (Å²) in [5.41, 5.74) is 0. The zero-order chi connectivity index (χ0) is 7.98. The first-order valence-corrected chi connectivity index (χ1v) is 3.92. The monoisotopic (exact) mass is 142 g/mol. The topological polar surface area (TPSA) is 9.23 Å². The molecule has 0 aliphatic rings. The highest BCUT2D eigenvalue weighted by atomic mass is 16.5. The third-order valence-corrected chi connectivity index (χ3v) is 1.85. The third kappa shape index (κ3) is 3.67. The van der Waals surface area contributed by atoms with E-state index in [0.29, 0.717) is 11.8 Å². The molecule has 10 heavy (non-hydrogen) atoms. The van der Waals surface area contributed by atoms with Crippen molar-refractivity contribution in [2.45, 2.75) is 20.8 Å². The van der Waals surface area contributed by atoms with Crippen LogP contribution in [0.3, 0.4) is 0 Å². The van der Waals surface area contributed by atoms with Crippen molar-refractivity contribution < 1.29 is 4.74 Å². The molecule has 1 nitrogen and oxygen atoms in total. The average Bonchev–Trinajstić information content (AvgIpc) is 1.98. The van der Waals surface area contributed by atoms with Crippen molar-refractivity contribution in [3.63, 3.8) is 0 Å². The fourth-order valence-corrected chi connectivity index (χ4v) is 0.688. The zero-order valence-electron chi connectivity index (χ0n) is 7.26. The Balaban J connectivity index is 3.40. The first kappa shape index (κ1) is 9.70. The summed E-state index contributed by atoms with van der Waals surface area (Å²) in [6.45, 7) is 11.8. The molecule has 0 aliphatic carbocycles. The fraction of sp³-hybridized carbons (Fsp3) is 0.778. The Morgan fingerprint density at radius 3 is 2.50 bits per heavy atom. The van der Waals surface area contributed by atoms with Gasteiger partial charge in [-0.15, -0.1) is 6.58 Å². The van der Waals surface area contributed by atoms with Crippen molar-refractivity contribution in [3.8, 4) is 0 Å². The van der Waals surface area contributed by atoms with E-state index in [1.807, 2.05) is 13.0 Å². The number of ether oxygens (including phenoxy) is 1. The summed E-state index contributed by atoms with van der Waals surface area (Å²) >= 11 is 0. The summed E-state index contributed by atoms with van der Waals surface area (Å²) in [6.07, 6.45) is 1.98. The van der Waals surface area contributed by atoms with Crippen LogP contribution in [0.5, 0.6) is 0 Å². The molecule has 0 spiro atoms. The first-order chi connectivity index (χ1) is 4.72. The van der Waals surface area contributed by atoms with E-state index in [4.69, 9.17) is 4.74 Å². The van der Waals surface area contributed by atoms with E-state index in [0.717, 1.165) is 13.2 Å². The Morgan fingerprint density at radius 2 is 2.10 bits per heavy atom. The molecule has 0 fully saturated rings. The minimum atomic E-state index is 0.562. The molecule has 60 valence electrons. The van der Waals surface area contributed by atoms with Gasteiger partial charge in [-0.1, -0.05) is 19.9 Å². The summed E-state index contributed by atoms with van der Waals surface area (Å²) in [5, 5.41) is 0. The van der Waals surface area contributed by atoms with Crippen molar-refractivity contribution in [2.24, 2.45) is 11.8 Å². The first-order valence-electron chi connectivity index (χ1n) is 3.92. The standard InChI is InChI=1S/C9H18O/c1-5-8(3)9(4)7-10-6-2/h5,8-9H,1,6-7H2,2-4H3/t8-,9+/m0/s1. The zero-order valence-corrected chi connectivity index (χ0v) is 7.26. The lowest BCUT2D eigenvalue weighted by atomic mass is 9.97. The Morgan fingerprint density at radius 1 is 1.50 bits per heavy atom. The highest BCUT2D eigenvalue weighted by molar-refractivity contribution is 4.78. The molecule has 0 aromatic rings. The van der Waals surface area contributed by atoms with Crippen LogP contribution < -0.4 is 0 Å². The van der Waals surface area contributed by atoms with Gasteiger partial charge in [0.2, 0.25) is 0 Å². The maximum atomic E-state index is 5.27. The quantitative estimate of drug-likeness (QED) is 0.536. The second-order valence-corrected chi connectivity index (χ2v) is 2.73. The molecule has 0 heterocycles. The van der Waals surface area contributed by atoms with Crippen LogP contribution >= 0.6 is 0 Å². The average molecular weight is 142 g/mol. The number of rotatable bonds is 5. The maximum Gasteiger partial charge on any atom is 0.0497 e. The molecule has 0 unspecified atom stereocenters. The van der Waals surface area contributed by atoms with Crippen molar-refractivity contribution in [1.29, 1.82) is 0 Å². The van der Waals surface area contributed by atoms with Crippen LogP contribution in [0.2, 0.25) is 0 Å². The van der Waals surface area contributed by atoms with Crippen LogP contribution in [-0.2, 0) is 4.74 Å². The second kappa shape index (κ2) is 5.48. The molecule has 0 N–H and O–H groups in total. The predicted molar refractivity (Wildman–Crippen MR) is 45.0 cm³/mol. The molecule has 0 aliphatic heterocycles. The predicted octanol–water partition coefficient (Wildman–Crippen LogP) is 2.48. The Hall–Kier alpha value is -0.300. The van der Waals surface area contributed by atoms with E-state index in [1.54, 1.807) is 0 Å². The van der Waals surface area contributed by atoms with E-state index < -0.39 is 0 Å². The summed E-state index contributed by atoms with van der Waals surface area (Å²) in [7, 11) is 0. The summed E-state index contributed by atoms with van der Waals surface area (Å²) in [5.74, 6) is 1.16. The normalized spacial score (nSPS) is 16.3. The molecule has 1 heteroatoms. The van der Waals surface area contributed by atoms with Crippen LogP contribution in [0.1, 0.15) is 20.8 Å². The van der Waals surface area contributed by atoms with Crippen molar-refractivity contribution in [2.75, 3.05) is 13.2 Å². The van der Waals surface area contributed by atoms with Crippen LogP contribution in [0.15, 0.2) is 12.7 Å². The van der Waals surface area contributed by atoms with E-state index >= 15 is 0 Å². The maximum absolute atomic E-state index is 5.27. The molecule has 0 amide bonds. The van der Waals surface area contributed by atoms with Gasteiger partial charge >= 0.3 is 0 Å². The van der Waals surface area contributed by atoms with Gasteiger partial charge in [-0.05, 0) is 18.8 Å². The van der Waals surface area contributed by atoms with Gasteiger partial charge in [0.15, 0.2) is 0 Å². The van der Waals surface area contributed by atoms with E-state index in [1.165, 1.54) is 0 Å². The number of hydrogen-bond donors (Lipinski definition) is 0. The van der Waals surface area contributed by atoms with E-state index in [2.05, 4.69) is 20.4 Å². The van der Waals surface area contributed by atoms with Gasteiger partial charge in [-0.2, -0.15) is 0 Å². The molecule has 0 rings (SSSR count). The van der Waals surface area contributed by atoms with Gasteiger partial charge < -0.3 is 4.74 Å². The second-order valence-electron chi connectivity index (χ2n) is 2.73. The largest absolute Gasteiger partial charge is 0.381 e. The fourth-order valence-electron chi connectivity index (χ4n) is 0.688. The number of allylic oxidation sites excluding steroid dienone is 1. The minimum absolute atomic E-state index is 0.562. The highest BCUT2D eigenvalue weighted by Gasteiger charge is 2.07. The van der Waals surface area contributed by atoms with Gasteiger partial charge in [0, 0.05) is 13.2 Å². The molecule has 0 bridgehead atoms. The molecular weight excluding hydrogens is 124 g/mol. The van der Waals surface area contributed by atoms with Gasteiger partial charge in [0.1, 0.15) is 0 Å². The SMILES string of the molecule is C=C[C@H](C)[C@H](C)COCC.